The molecule has 1 aromatic rings. The van der Waals surface area contributed by atoms with Crippen molar-refractivity contribution in [1.29, 1.82) is 0 Å². The second kappa shape index (κ2) is 4.27. The van der Waals surface area contributed by atoms with Crippen LogP contribution in [0.3, 0.4) is 0 Å². The molecule has 0 aliphatic rings. The second-order valence-corrected chi connectivity index (χ2v) is 2.04. The maximum absolute atomic E-state index is 10.2. The van der Waals surface area contributed by atoms with Crippen LogP contribution in [0.15, 0.2) is 24.3 Å². The normalized spacial score (nSPS) is 8.45. The number of rotatable bonds is 1. The van der Waals surface area contributed by atoms with Crippen molar-refractivity contribution >= 4 is 29.7 Å². The minimum Gasteiger partial charge on any atom is -0.258 e. The monoisotopic (exact) mass is 265 g/mol. The molecule has 0 unspecified atom stereocenters. The number of hydrogen-bond donors (Lipinski definition) is 0. The predicted octanol–water partition coefficient (Wildman–Crippen LogP) is 2.52. The fourth-order valence-corrected chi connectivity index (χ4v) is 0.768. The minimum atomic E-state index is -0.380. The third kappa shape index (κ3) is 2.45. The zero-order chi connectivity index (χ0) is 7.56. The molecular formula is C7H8INO2. The molecule has 0 fully saturated rings. The highest BCUT2D eigenvalue weighted by atomic mass is 127. The maximum atomic E-state index is 10.2. The molecule has 0 heterocycles. The molecule has 0 radical (unpaired) electrons. The van der Waals surface area contributed by atoms with Crippen LogP contribution in [-0.4, -0.2) is 4.92 Å². The van der Waals surface area contributed by atoms with Crippen molar-refractivity contribution in [2.75, 3.05) is 0 Å². The van der Waals surface area contributed by atoms with Crippen LogP contribution >= 0.6 is 24.0 Å². The molecule has 4 heteroatoms. The highest BCUT2D eigenvalue weighted by Crippen LogP contribution is 2.14. The van der Waals surface area contributed by atoms with E-state index in [-0.39, 0.29) is 34.6 Å². The smallest absolute Gasteiger partial charge is 0.258 e. The van der Waals surface area contributed by atoms with Gasteiger partial charge in [-0.1, -0.05) is 18.2 Å². The number of nitro benzene ring substituents is 1. The predicted molar refractivity (Wildman–Crippen MR) is 53.2 cm³/mol. The molecule has 0 aromatic heterocycles. The molecule has 0 bridgehead atoms. The molecule has 1 aromatic carbocycles. The molecule has 11 heavy (non-hydrogen) atoms. The molecule has 0 spiro atoms. The summed E-state index contributed by atoms with van der Waals surface area (Å²) in [4.78, 5) is 9.85. The van der Waals surface area contributed by atoms with Crippen LogP contribution in [0, 0.1) is 17.0 Å². The van der Waals surface area contributed by atoms with Gasteiger partial charge in [0.25, 0.3) is 5.69 Å². The molecule has 0 N–H and O–H groups in total. The lowest BCUT2D eigenvalue weighted by Crippen LogP contribution is -1.89. The Morgan fingerprint density at radius 3 is 2.27 bits per heavy atom. The maximum Gasteiger partial charge on any atom is 0.272 e. The first kappa shape index (κ1) is 10.3. The van der Waals surface area contributed by atoms with Gasteiger partial charge in [-0.05, 0) is 6.92 Å². The van der Waals surface area contributed by atoms with Crippen LogP contribution in [0.2, 0.25) is 0 Å². The quantitative estimate of drug-likeness (QED) is 0.445. The highest BCUT2D eigenvalue weighted by Gasteiger charge is 2.05. The Morgan fingerprint density at radius 2 is 1.91 bits per heavy atom. The van der Waals surface area contributed by atoms with E-state index in [1.165, 1.54) is 6.07 Å². The Bertz CT molecular complexity index is 262. The summed E-state index contributed by atoms with van der Waals surface area (Å²) in [5.41, 5.74) is 0.884. The highest BCUT2D eigenvalue weighted by molar-refractivity contribution is 14.0. The van der Waals surface area contributed by atoms with E-state index in [4.69, 9.17) is 0 Å². The molecule has 60 valence electrons. The summed E-state index contributed by atoms with van der Waals surface area (Å²) in [6.07, 6.45) is 0. The summed E-state index contributed by atoms with van der Waals surface area (Å²) < 4.78 is 0. The van der Waals surface area contributed by atoms with Crippen molar-refractivity contribution < 1.29 is 4.92 Å². The van der Waals surface area contributed by atoms with Crippen molar-refractivity contribution in [3.63, 3.8) is 0 Å². The van der Waals surface area contributed by atoms with Crippen molar-refractivity contribution in [3.8, 4) is 0 Å². The Hall–Kier alpha value is -0.650. The van der Waals surface area contributed by atoms with Crippen molar-refractivity contribution in [1.82, 2.24) is 0 Å². The van der Waals surface area contributed by atoms with Gasteiger partial charge in [0.15, 0.2) is 0 Å². The minimum absolute atomic E-state index is 0. The molecule has 0 saturated heterocycles. The number of nitro groups is 1. The number of para-hydroxylation sites is 1. The van der Waals surface area contributed by atoms with E-state index in [0.29, 0.717) is 5.56 Å². The standard InChI is InChI=1S/C7H7NO2.HI/c1-6-4-2-3-5-7(6)8(9)10;/h2-5H,1H3;1H. The van der Waals surface area contributed by atoms with Gasteiger partial charge in [0.05, 0.1) is 4.92 Å². The van der Waals surface area contributed by atoms with E-state index in [1.54, 1.807) is 25.1 Å². The first-order valence-electron chi connectivity index (χ1n) is 2.92. The average Bonchev–Trinajstić information content (AvgIpc) is 1.88. The Kier molecular flexibility index (Phi) is 4.02. The SMILES string of the molecule is Cc1ccccc1[N+](=O)[O-].I. The largest absolute Gasteiger partial charge is 0.272 e. The third-order valence-corrected chi connectivity index (χ3v) is 1.31. The Balaban J connectivity index is 0.000001000. The van der Waals surface area contributed by atoms with E-state index in [2.05, 4.69) is 0 Å². The lowest BCUT2D eigenvalue weighted by atomic mass is 10.2. The van der Waals surface area contributed by atoms with Gasteiger partial charge >= 0.3 is 0 Å². The van der Waals surface area contributed by atoms with Gasteiger partial charge in [0, 0.05) is 11.6 Å². The number of hydrogen-bond acceptors (Lipinski definition) is 2. The first-order chi connectivity index (χ1) is 4.72. The van der Waals surface area contributed by atoms with Gasteiger partial charge in [0.1, 0.15) is 0 Å². The topological polar surface area (TPSA) is 43.1 Å². The molecule has 0 aliphatic carbocycles. The van der Waals surface area contributed by atoms with Gasteiger partial charge in [-0.15, -0.1) is 24.0 Å². The summed E-state index contributed by atoms with van der Waals surface area (Å²) in [5, 5.41) is 10.2. The van der Waals surface area contributed by atoms with Gasteiger partial charge in [-0.3, -0.25) is 10.1 Å². The summed E-state index contributed by atoms with van der Waals surface area (Å²) in [5.74, 6) is 0. The molecule has 3 nitrogen and oxygen atoms in total. The van der Waals surface area contributed by atoms with Gasteiger partial charge in [0.2, 0.25) is 0 Å². The van der Waals surface area contributed by atoms with Crippen LogP contribution in [0.1, 0.15) is 5.56 Å². The lowest BCUT2D eigenvalue weighted by Gasteiger charge is -1.92. The molecule has 1 rings (SSSR count). The fraction of sp³-hybridized carbons (Fsp3) is 0.143. The van der Waals surface area contributed by atoms with Crippen molar-refractivity contribution in [2.45, 2.75) is 6.92 Å². The van der Waals surface area contributed by atoms with E-state index in [0.717, 1.165) is 0 Å². The van der Waals surface area contributed by atoms with E-state index >= 15 is 0 Å². The zero-order valence-electron chi connectivity index (χ0n) is 5.98. The zero-order valence-corrected chi connectivity index (χ0v) is 8.31. The van der Waals surface area contributed by atoms with E-state index < -0.39 is 0 Å². The molecule has 0 saturated carbocycles. The van der Waals surface area contributed by atoms with E-state index in [1.807, 2.05) is 0 Å². The fourth-order valence-electron chi connectivity index (χ4n) is 0.768. The summed E-state index contributed by atoms with van der Waals surface area (Å²) >= 11 is 0. The number of nitrogens with zero attached hydrogens (tertiary/aromatic N) is 1. The van der Waals surface area contributed by atoms with Crippen LogP contribution in [0.4, 0.5) is 5.69 Å². The molecule has 0 aliphatic heterocycles. The van der Waals surface area contributed by atoms with Crippen molar-refractivity contribution in [3.05, 3.63) is 39.9 Å². The lowest BCUT2D eigenvalue weighted by molar-refractivity contribution is -0.385. The third-order valence-electron chi connectivity index (χ3n) is 1.31. The Labute approximate surface area is 81.6 Å². The second-order valence-electron chi connectivity index (χ2n) is 2.04. The van der Waals surface area contributed by atoms with Crippen LogP contribution in [-0.2, 0) is 0 Å². The van der Waals surface area contributed by atoms with Crippen LogP contribution in [0.25, 0.3) is 0 Å². The number of aryl methyl sites for hydroxylation is 1. The van der Waals surface area contributed by atoms with Crippen LogP contribution in [0.5, 0.6) is 0 Å². The molecule has 0 atom stereocenters. The summed E-state index contributed by atoms with van der Waals surface area (Å²) in [6.45, 7) is 1.72. The van der Waals surface area contributed by atoms with Gasteiger partial charge < -0.3 is 0 Å². The summed E-state index contributed by atoms with van der Waals surface area (Å²) in [6, 6.07) is 6.65. The average molecular weight is 265 g/mol. The van der Waals surface area contributed by atoms with E-state index in [9.17, 15) is 10.1 Å². The first-order valence-corrected chi connectivity index (χ1v) is 2.92. The van der Waals surface area contributed by atoms with Crippen molar-refractivity contribution in [2.24, 2.45) is 0 Å². The number of halogens is 1. The van der Waals surface area contributed by atoms with Gasteiger partial charge in [-0.2, -0.15) is 0 Å². The molecular weight excluding hydrogens is 257 g/mol. The van der Waals surface area contributed by atoms with Gasteiger partial charge in [-0.25, -0.2) is 0 Å². The summed E-state index contributed by atoms with van der Waals surface area (Å²) in [7, 11) is 0. The van der Waals surface area contributed by atoms with Crippen LogP contribution < -0.4 is 0 Å². The Morgan fingerprint density at radius 1 is 1.36 bits per heavy atom. The molecule has 0 amide bonds. The number of benzene rings is 1.